The molecule has 6 heteroatoms. The number of hydrogen-bond acceptors (Lipinski definition) is 6. The number of nitrogen functional groups attached to an aromatic ring is 1. The maximum atomic E-state index is 11.2. The third kappa shape index (κ3) is 4.24. The van der Waals surface area contributed by atoms with Crippen molar-refractivity contribution < 1.29 is 19.0 Å². The van der Waals surface area contributed by atoms with Crippen LogP contribution in [0.2, 0.25) is 0 Å². The molecule has 0 aliphatic heterocycles. The number of esters is 1. The van der Waals surface area contributed by atoms with Gasteiger partial charge in [0.1, 0.15) is 0 Å². The number of carbonyl (C=O) groups is 1. The van der Waals surface area contributed by atoms with Crippen molar-refractivity contribution >= 4 is 17.3 Å². The number of rotatable bonds is 7. The molecule has 3 N–H and O–H groups in total. The summed E-state index contributed by atoms with van der Waals surface area (Å²) in [5, 5.41) is 3.07. The summed E-state index contributed by atoms with van der Waals surface area (Å²) in [6.07, 6.45) is 0.279. The topological polar surface area (TPSA) is 82.8 Å². The van der Waals surface area contributed by atoms with Crippen LogP contribution in [-0.2, 0) is 9.53 Å². The van der Waals surface area contributed by atoms with E-state index >= 15 is 0 Å². The van der Waals surface area contributed by atoms with E-state index in [-0.39, 0.29) is 12.4 Å². The summed E-state index contributed by atoms with van der Waals surface area (Å²) in [6.45, 7) is 2.60. The van der Waals surface area contributed by atoms with Crippen molar-refractivity contribution in [3.8, 4) is 11.5 Å². The number of hydrogen-bond donors (Lipinski definition) is 2. The van der Waals surface area contributed by atoms with E-state index in [0.29, 0.717) is 36.0 Å². The largest absolute Gasteiger partial charge is 0.493 e. The molecular formula is C13H20N2O4. The standard InChI is InChI=1S/C13H20N2O4/c1-4-19-13(16)5-6-15-10-8-12(18-3)11(17-2)7-9(10)14/h7-8,15H,4-6,14H2,1-3H3. The number of ether oxygens (including phenoxy) is 3. The Hall–Kier alpha value is -2.11. The van der Waals surface area contributed by atoms with Gasteiger partial charge in [-0.1, -0.05) is 0 Å². The molecule has 0 amide bonds. The highest BCUT2D eigenvalue weighted by Crippen LogP contribution is 2.34. The molecule has 0 saturated heterocycles. The molecular weight excluding hydrogens is 248 g/mol. The van der Waals surface area contributed by atoms with Crippen molar-refractivity contribution in [1.82, 2.24) is 0 Å². The van der Waals surface area contributed by atoms with Gasteiger partial charge in [0.2, 0.25) is 0 Å². The Labute approximate surface area is 112 Å². The molecule has 0 fully saturated rings. The van der Waals surface area contributed by atoms with E-state index in [1.807, 2.05) is 0 Å². The van der Waals surface area contributed by atoms with Crippen molar-refractivity contribution in [2.45, 2.75) is 13.3 Å². The van der Waals surface area contributed by atoms with Gasteiger partial charge in [-0.05, 0) is 6.92 Å². The third-order valence-electron chi connectivity index (χ3n) is 2.51. The van der Waals surface area contributed by atoms with Gasteiger partial charge in [0.05, 0.1) is 38.6 Å². The van der Waals surface area contributed by atoms with Crippen molar-refractivity contribution in [3.63, 3.8) is 0 Å². The van der Waals surface area contributed by atoms with Crippen molar-refractivity contribution in [1.29, 1.82) is 0 Å². The minimum Gasteiger partial charge on any atom is -0.493 e. The maximum absolute atomic E-state index is 11.2. The zero-order valence-electron chi connectivity index (χ0n) is 11.5. The van der Waals surface area contributed by atoms with Gasteiger partial charge < -0.3 is 25.3 Å². The first-order valence-corrected chi connectivity index (χ1v) is 6.03. The van der Waals surface area contributed by atoms with Gasteiger partial charge in [-0.15, -0.1) is 0 Å². The third-order valence-corrected chi connectivity index (χ3v) is 2.51. The van der Waals surface area contributed by atoms with Gasteiger partial charge in [-0.3, -0.25) is 4.79 Å². The zero-order chi connectivity index (χ0) is 14.3. The molecule has 0 spiro atoms. The van der Waals surface area contributed by atoms with Crippen LogP contribution < -0.4 is 20.5 Å². The van der Waals surface area contributed by atoms with Crippen LogP contribution in [0.25, 0.3) is 0 Å². The molecule has 0 bridgehead atoms. The Balaban J connectivity index is 2.65. The van der Waals surface area contributed by atoms with Crippen LogP contribution >= 0.6 is 0 Å². The summed E-state index contributed by atoms with van der Waals surface area (Å²) in [7, 11) is 3.10. The molecule has 0 saturated carbocycles. The lowest BCUT2D eigenvalue weighted by Crippen LogP contribution is -2.12. The van der Waals surface area contributed by atoms with Crippen LogP contribution in [0.5, 0.6) is 11.5 Å². The number of carbonyl (C=O) groups excluding carboxylic acids is 1. The molecule has 1 rings (SSSR count). The van der Waals surface area contributed by atoms with Gasteiger partial charge in [0.15, 0.2) is 11.5 Å². The van der Waals surface area contributed by atoms with Crippen molar-refractivity contribution in [3.05, 3.63) is 12.1 Å². The first-order valence-electron chi connectivity index (χ1n) is 6.03. The lowest BCUT2D eigenvalue weighted by Gasteiger charge is -2.13. The van der Waals surface area contributed by atoms with E-state index in [4.69, 9.17) is 19.9 Å². The van der Waals surface area contributed by atoms with E-state index in [1.54, 1.807) is 33.3 Å². The number of nitrogens with two attached hydrogens (primary N) is 1. The Kier molecular flexibility index (Phi) is 5.78. The van der Waals surface area contributed by atoms with Gasteiger partial charge in [0.25, 0.3) is 0 Å². The molecule has 106 valence electrons. The second-order valence-corrected chi connectivity index (χ2v) is 3.78. The van der Waals surface area contributed by atoms with Crippen LogP contribution in [0.3, 0.4) is 0 Å². The maximum Gasteiger partial charge on any atom is 0.307 e. The van der Waals surface area contributed by atoms with E-state index < -0.39 is 0 Å². The van der Waals surface area contributed by atoms with Crippen LogP contribution in [0.4, 0.5) is 11.4 Å². The molecule has 0 atom stereocenters. The SMILES string of the molecule is CCOC(=O)CCNc1cc(OC)c(OC)cc1N. The van der Waals surface area contributed by atoms with Crippen molar-refractivity contribution in [2.24, 2.45) is 0 Å². The predicted molar refractivity (Wildman–Crippen MR) is 73.7 cm³/mol. The highest BCUT2D eigenvalue weighted by Gasteiger charge is 2.09. The molecule has 0 radical (unpaired) electrons. The first kappa shape index (κ1) is 14.9. The molecule has 6 nitrogen and oxygen atoms in total. The van der Waals surface area contributed by atoms with Gasteiger partial charge in [-0.25, -0.2) is 0 Å². The molecule has 1 aromatic rings. The van der Waals surface area contributed by atoms with Gasteiger partial charge in [0, 0.05) is 18.7 Å². The normalized spacial score (nSPS) is 9.84. The van der Waals surface area contributed by atoms with E-state index in [9.17, 15) is 4.79 Å². The summed E-state index contributed by atoms with van der Waals surface area (Å²) < 4.78 is 15.2. The molecule has 0 aromatic heterocycles. The average Bonchev–Trinajstić information content (AvgIpc) is 2.40. The number of methoxy groups -OCH3 is 2. The van der Waals surface area contributed by atoms with Gasteiger partial charge in [-0.2, -0.15) is 0 Å². The monoisotopic (exact) mass is 268 g/mol. The summed E-state index contributed by atoms with van der Waals surface area (Å²) >= 11 is 0. The number of nitrogens with one attached hydrogen (secondary N) is 1. The summed E-state index contributed by atoms with van der Waals surface area (Å²) in [5.74, 6) is 0.903. The Morgan fingerprint density at radius 1 is 1.26 bits per heavy atom. The average molecular weight is 268 g/mol. The number of benzene rings is 1. The lowest BCUT2D eigenvalue weighted by atomic mass is 10.2. The second-order valence-electron chi connectivity index (χ2n) is 3.78. The number of anilines is 2. The lowest BCUT2D eigenvalue weighted by molar-refractivity contribution is -0.142. The Bertz CT molecular complexity index is 435. The van der Waals surface area contributed by atoms with Crippen molar-refractivity contribution in [2.75, 3.05) is 38.4 Å². The predicted octanol–water partition coefficient (Wildman–Crippen LogP) is 1.65. The minimum atomic E-state index is -0.242. The molecule has 19 heavy (non-hydrogen) atoms. The molecule has 1 aromatic carbocycles. The fourth-order valence-electron chi connectivity index (χ4n) is 1.58. The van der Waals surface area contributed by atoms with E-state index in [2.05, 4.69) is 5.32 Å². The smallest absolute Gasteiger partial charge is 0.307 e. The fraction of sp³-hybridized carbons (Fsp3) is 0.462. The summed E-state index contributed by atoms with van der Waals surface area (Å²) in [6, 6.07) is 3.41. The first-order chi connectivity index (χ1) is 9.12. The fourth-order valence-corrected chi connectivity index (χ4v) is 1.58. The van der Waals surface area contributed by atoms with Gasteiger partial charge >= 0.3 is 5.97 Å². The quantitative estimate of drug-likeness (QED) is 0.578. The molecule has 0 unspecified atom stereocenters. The summed E-state index contributed by atoms with van der Waals surface area (Å²) in [4.78, 5) is 11.2. The van der Waals surface area contributed by atoms with Crippen LogP contribution in [0, 0.1) is 0 Å². The van der Waals surface area contributed by atoms with E-state index in [1.165, 1.54) is 0 Å². The zero-order valence-corrected chi connectivity index (χ0v) is 11.5. The highest BCUT2D eigenvalue weighted by molar-refractivity contribution is 5.73. The summed E-state index contributed by atoms with van der Waals surface area (Å²) in [5.41, 5.74) is 7.11. The Morgan fingerprint density at radius 2 is 1.89 bits per heavy atom. The van der Waals surface area contributed by atoms with Crippen LogP contribution in [0.1, 0.15) is 13.3 Å². The molecule has 0 aliphatic carbocycles. The van der Waals surface area contributed by atoms with E-state index in [0.717, 1.165) is 0 Å². The Morgan fingerprint density at radius 3 is 2.47 bits per heavy atom. The molecule has 0 aliphatic rings. The minimum absolute atomic E-state index is 0.242. The van der Waals surface area contributed by atoms with Crippen LogP contribution in [-0.4, -0.2) is 33.3 Å². The second kappa shape index (κ2) is 7.35. The van der Waals surface area contributed by atoms with Crippen LogP contribution in [0.15, 0.2) is 12.1 Å². The highest BCUT2D eigenvalue weighted by atomic mass is 16.5. The molecule has 0 heterocycles.